The molecule has 0 saturated heterocycles. The van der Waals surface area contributed by atoms with Crippen LogP contribution in [0.5, 0.6) is 0 Å². The number of carbonyl (C=O) groups is 1. The van der Waals surface area contributed by atoms with Gasteiger partial charge in [0.05, 0.1) is 0 Å². The van der Waals surface area contributed by atoms with Gasteiger partial charge in [-0.05, 0) is 0 Å². The number of hydrogen-bond donors (Lipinski definition) is 0. The van der Waals surface area contributed by atoms with Crippen molar-refractivity contribution in [1.82, 2.24) is 0 Å². The van der Waals surface area contributed by atoms with Crippen LogP contribution in [0, 0.1) is 0 Å². The topological polar surface area (TPSA) is 17.1 Å². The minimum atomic E-state index is -4.97. The van der Waals surface area contributed by atoms with Crippen LogP contribution in [0.2, 0.25) is 0 Å². The fourth-order valence-electron chi connectivity index (χ4n) is 0. The average molecular weight is 99.0 g/mol. The van der Waals surface area contributed by atoms with Crippen molar-refractivity contribution in [2.24, 2.45) is 0 Å². The maximum Gasteiger partial charge on any atom is 0.446 e. The average Bonchev–Trinajstić information content (AvgIpc) is 1.31. The smallest absolute Gasteiger partial charge is 0.293 e. The first kappa shape index (κ1) is 3.64. The van der Waals surface area contributed by atoms with Crippen molar-refractivity contribution >= 4 is 6.26 Å². The van der Waals surface area contributed by atoms with Crippen LogP contribution >= 0.6 is 0 Å². The first-order valence-electron chi connectivity index (χ1n) is 1.52. The minimum Gasteiger partial charge on any atom is -0.293 e. The molecule has 0 saturated carbocycles. The highest BCUT2D eigenvalue weighted by atomic mass is 19.4. The summed E-state index contributed by atoms with van der Waals surface area (Å²) in [5.41, 5.74) is 0. The third-order valence-corrected chi connectivity index (χ3v) is 0.116. The van der Waals surface area contributed by atoms with Gasteiger partial charge in [-0.15, -0.1) is 0 Å². The predicted molar refractivity (Wildman–Crippen MR) is 12.1 cm³/mol. The lowest BCUT2D eigenvalue weighted by atomic mass is 10.8. The van der Waals surface area contributed by atoms with Gasteiger partial charge in [0.2, 0.25) is 6.26 Å². The molecule has 4 heteroatoms. The van der Waals surface area contributed by atoms with Gasteiger partial charge in [0.25, 0.3) is 0 Å². The van der Waals surface area contributed by atoms with E-state index in [-0.39, 0.29) is 0 Å². The summed E-state index contributed by atoms with van der Waals surface area (Å²) >= 11 is 0. The second kappa shape index (κ2) is 1.28. The van der Waals surface area contributed by atoms with Crippen molar-refractivity contribution in [1.29, 1.82) is 0 Å². The monoisotopic (exact) mass is 99.0 g/mol. The molecular formula is C2HF3O. The summed E-state index contributed by atoms with van der Waals surface area (Å²) in [4.78, 5) is 9.01. The van der Waals surface area contributed by atoms with E-state index in [2.05, 4.69) is 0 Å². The molecule has 0 aliphatic rings. The molecule has 0 atom stereocenters. The Balaban J connectivity index is 3.79. The van der Waals surface area contributed by atoms with Gasteiger partial charge in [0, 0.05) is 0 Å². The molecule has 1 nitrogen and oxygen atoms in total. The van der Waals surface area contributed by atoms with Crippen LogP contribution in [0.4, 0.5) is 13.2 Å². The van der Waals surface area contributed by atoms with Gasteiger partial charge < -0.3 is 0 Å². The van der Waals surface area contributed by atoms with Gasteiger partial charge in [-0.3, -0.25) is 4.79 Å². The molecule has 0 aromatic carbocycles. The lowest BCUT2D eigenvalue weighted by molar-refractivity contribution is -0.156. The Kier molecular flexibility index (Phi) is 0.777. The molecule has 6 heavy (non-hydrogen) atoms. The molecule has 0 heterocycles. The first-order chi connectivity index (χ1) is 2.94. The highest BCUT2D eigenvalue weighted by molar-refractivity contribution is 5.56. The first-order valence-corrected chi connectivity index (χ1v) is 1.02. The third-order valence-electron chi connectivity index (χ3n) is 0.116. The zero-order valence-corrected chi connectivity index (χ0v) is 2.54. The normalized spacial score (nSPS) is 13.5. The van der Waals surface area contributed by atoms with E-state index in [0.29, 0.717) is 0 Å². The van der Waals surface area contributed by atoms with E-state index in [0.717, 1.165) is 0 Å². The van der Waals surface area contributed by atoms with Crippen molar-refractivity contribution in [3.63, 3.8) is 0 Å². The number of alkyl halides is 3. The summed E-state index contributed by atoms with van der Waals surface area (Å²) in [6.45, 7) is 0. The molecule has 0 aromatic rings. The Morgan fingerprint density at radius 1 is 1.67 bits per heavy atom. The zero-order chi connectivity index (χ0) is 6.08. The molecule has 0 rings (SSSR count). The maximum absolute atomic E-state index is 10.6. The Bertz CT molecular complexity index is 85.4. The van der Waals surface area contributed by atoms with Gasteiger partial charge in [-0.25, -0.2) is 0 Å². The van der Waals surface area contributed by atoms with Crippen molar-refractivity contribution in [3.8, 4) is 0 Å². The molecular weight excluding hydrogens is 97.0 g/mol. The van der Waals surface area contributed by atoms with Crippen molar-refractivity contribution < 1.29 is 19.3 Å². The van der Waals surface area contributed by atoms with E-state index in [1.807, 2.05) is 0 Å². The Morgan fingerprint density at radius 3 is 1.83 bits per heavy atom. The predicted octanol–water partition coefficient (Wildman–Crippen LogP) is 0.748. The van der Waals surface area contributed by atoms with Crippen LogP contribution in [0.3, 0.4) is 0 Å². The molecule has 0 spiro atoms. The SMILES string of the molecule is [2H]C(=O)C(F)(F)F. The van der Waals surface area contributed by atoms with Gasteiger partial charge in [-0.2, -0.15) is 13.2 Å². The fourth-order valence-corrected chi connectivity index (χ4v) is 0. The summed E-state index contributed by atoms with van der Waals surface area (Å²) < 4.78 is 37.4. The zero-order valence-electron chi connectivity index (χ0n) is 3.54. The molecule has 0 aliphatic heterocycles. The molecule has 36 valence electrons. The van der Waals surface area contributed by atoms with Crippen molar-refractivity contribution in [2.45, 2.75) is 6.18 Å². The van der Waals surface area contributed by atoms with Gasteiger partial charge in [-0.1, -0.05) is 0 Å². The molecule has 0 unspecified atom stereocenters. The number of rotatable bonds is 0. The third kappa shape index (κ3) is 3.46. The van der Waals surface area contributed by atoms with E-state index in [4.69, 9.17) is 6.17 Å². The molecule has 0 aromatic heterocycles. The van der Waals surface area contributed by atoms with E-state index in [9.17, 15) is 13.2 Å². The van der Waals surface area contributed by atoms with E-state index >= 15 is 0 Å². The summed E-state index contributed by atoms with van der Waals surface area (Å²) in [7, 11) is 0. The van der Waals surface area contributed by atoms with Crippen LogP contribution in [0.1, 0.15) is 1.37 Å². The second-order valence-electron chi connectivity index (χ2n) is 0.600. The lowest BCUT2D eigenvalue weighted by Crippen LogP contribution is -2.07. The highest BCUT2D eigenvalue weighted by Crippen LogP contribution is 2.08. The quantitative estimate of drug-likeness (QED) is 0.409. The molecule has 0 fully saturated rings. The molecule has 0 amide bonds. The van der Waals surface area contributed by atoms with E-state index in [1.165, 1.54) is 0 Å². The van der Waals surface area contributed by atoms with E-state index in [1.54, 1.807) is 0 Å². The Labute approximate surface area is 33.2 Å². The van der Waals surface area contributed by atoms with Crippen LogP contribution in [0.15, 0.2) is 0 Å². The lowest BCUT2D eigenvalue weighted by Gasteiger charge is -1.87. The molecule has 0 aliphatic carbocycles. The largest absolute Gasteiger partial charge is 0.446 e. The van der Waals surface area contributed by atoms with Gasteiger partial charge in [0.1, 0.15) is 1.37 Å². The summed E-state index contributed by atoms with van der Waals surface area (Å²) in [6, 6.07) is 0. The minimum absolute atomic E-state index is 2.51. The number of carbonyl (C=O) groups excluding carboxylic acids is 1. The highest BCUT2D eigenvalue weighted by Gasteiger charge is 2.24. The Hall–Kier alpha value is -0.540. The van der Waals surface area contributed by atoms with E-state index < -0.39 is 12.4 Å². The number of aldehydes is 1. The van der Waals surface area contributed by atoms with Crippen molar-refractivity contribution in [2.75, 3.05) is 0 Å². The number of hydrogen-bond acceptors (Lipinski definition) is 1. The van der Waals surface area contributed by atoms with Gasteiger partial charge in [0.15, 0.2) is 0 Å². The van der Waals surface area contributed by atoms with Crippen LogP contribution in [-0.4, -0.2) is 12.4 Å². The Morgan fingerprint density at radius 2 is 1.83 bits per heavy atom. The fraction of sp³-hybridized carbons (Fsp3) is 0.500. The van der Waals surface area contributed by atoms with Crippen LogP contribution in [-0.2, 0) is 4.79 Å². The van der Waals surface area contributed by atoms with Gasteiger partial charge >= 0.3 is 6.18 Å². The number of halogens is 3. The second-order valence-corrected chi connectivity index (χ2v) is 0.600. The summed E-state index contributed by atoms with van der Waals surface area (Å²) in [6.07, 6.45) is -7.48. The summed E-state index contributed by atoms with van der Waals surface area (Å²) in [5, 5.41) is 0. The molecule has 0 N–H and O–H groups in total. The van der Waals surface area contributed by atoms with Crippen LogP contribution in [0.25, 0.3) is 0 Å². The van der Waals surface area contributed by atoms with Crippen LogP contribution < -0.4 is 0 Å². The molecule has 0 radical (unpaired) electrons. The maximum atomic E-state index is 10.6. The molecule has 0 bridgehead atoms. The summed E-state index contributed by atoms with van der Waals surface area (Å²) in [5.74, 6) is 0. The van der Waals surface area contributed by atoms with Crippen molar-refractivity contribution in [3.05, 3.63) is 0 Å². The standard InChI is InChI=1S/C2HF3O/c3-2(4,5)1-6/h1H/i1D.